The molecule has 1 amide bonds. The molecule has 0 spiro atoms. The summed E-state index contributed by atoms with van der Waals surface area (Å²) in [5, 5.41) is 12.3. The molecule has 254 valence electrons. The Balaban J connectivity index is 0.998. The third kappa shape index (κ3) is 7.36. The summed E-state index contributed by atoms with van der Waals surface area (Å²) >= 11 is 1.28. The number of ether oxygens (including phenoxy) is 2. The van der Waals surface area contributed by atoms with Crippen LogP contribution in [0.15, 0.2) is 127 Å². The van der Waals surface area contributed by atoms with Gasteiger partial charge < -0.3 is 14.8 Å². The number of benzene rings is 4. The van der Waals surface area contributed by atoms with E-state index in [9.17, 15) is 9.59 Å². The summed E-state index contributed by atoms with van der Waals surface area (Å²) in [4.78, 5) is 34.9. The van der Waals surface area contributed by atoms with Gasteiger partial charge in [0, 0.05) is 35.0 Å². The van der Waals surface area contributed by atoms with Gasteiger partial charge in [0.25, 0.3) is 0 Å². The molecule has 7 rings (SSSR count). The molecule has 12 heteroatoms. The van der Waals surface area contributed by atoms with Crippen molar-refractivity contribution in [1.29, 1.82) is 0 Å². The molecule has 4 aromatic carbocycles. The Morgan fingerprint density at radius 2 is 1.51 bits per heavy atom. The number of hydrogen-bond donors (Lipinski definition) is 1. The Morgan fingerprint density at radius 1 is 0.804 bits per heavy atom. The van der Waals surface area contributed by atoms with E-state index in [1.807, 2.05) is 81.9 Å². The molecule has 1 N–H and O–H groups in total. The van der Waals surface area contributed by atoms with Crippen molar-refractivity contribution in [2.75, 3.05) is 18.2 Å². The van der Waals surface area contributed by atoms with Crippen LogP contribution in [-0.4, -0.2) is 54.0 Å². The number of hydrogen-bond acceptors (Lipinski definition) is 9. The van der Waals surface area contributed by atoms with Crippen LogP contribution < -0.4 is 10.1 Å². The Bertz CT molecular complexity index is 2290. The first-order valence-corrected chi connectivity index (χ1v) is 17.2. The highest BCUT2D eigenvalue weighted by Crippen LogP contribution is 2.29. The number of nitrogens with zero attached hydrogens (tertiary/aromatic N) is 6. The number of fused-ring (bicyclic) bond motifs is 1. The number of aryl methyl sites for hydroxylation is 1. The SMILES string of the molecule is CCc1ccc(-n2c(SCC(=O)Nc3ccc(C(=O)OCc4nc5ccccc5n4-c4ccc(OC)cc4)cc3)nnc2-c2ccncc2)cc1. The highest BCUT2D eigenvalue weighted by Gasteiger charge is 2.19. The number of anilines is 1. The lowest BCUT2D eigenvalue weighted by Gasteiger charge is -2.12. The summed E-state index contributed by atoms with van der Waals surface area (Å²) < 4.78 is 14.9. The second-order valence-electron chi connectivity index (χ2n) is 11.4. The highest BCUT2D eigenvalue weighted by atomic mass is 32.2. The van der Waals surface area contributed by atoms with Crippen molar-refractivity contribution in [2.45, 2.75) is 25.1 Å². The zero-order valence-electron chi connectivity index (χ0n) is 27.9. The van der Waals surface area contributed by atoms with Gasteiger partial charge in [0.1, 0.15) is 12.4 Å². The number of nitrogens with one attached hydrogen (secondary N) is 1. The smallest absolute Gasteiger partial charge is 0.338 e. The standard InChI is InChI=1S/C39H33N7O4S/c1-3-26-8-14-31(15-9-26)46-37(27-20-22-40-23-21-27)43-44-39(46)51-25-36(47)41-29-12-10-28(11-13-29)38(48)50-24-35-42-33-6-4-5-7-34(33)45(35)30-16-18-32(49-2)19-17-30/h4-23H,3,24-25H2,1-2H3,(H,41,47). The maximum Gasteiger partial charge on any atom is 0.338 e. The zero-order chi connectivity index (χ0) is 35.2. The largest absolute Gasteiger partial charge is 0.497 e. The number of imidazole rings is 1. The fourth-order valence-electron chi connectivity index (χ4n) is 5.59. The van der Waals surface area contributed by atoms with Crippen LogP contribution in [0.3, 0.4) is 0 Å². The Hall–Kier alpha value is -6.27. The van der Waals surface area contributed by atoms with E-state index in [0.29, 0.717) is 28.1 Å². The molecule has 0 aliphatic heterocycles. The maximum absolute atomic E-state index is 13.1. The van der Waals surface area contributed by atoms with E-state index < -0.39 is 5.97 Å². The summed E-state index contributed by atoms with van der Waals surface area (Å²) in [6.07, 6.45) is 4.35. The van der Waals surface area contributed by atoms with Crippen molar-refractivity contribution < 1.29 is 19.1 Å². The predicted octanol–water partition coefficient (Wildman–Crippen LogP) is 7.33. The molecule has 3 aromatic heterocycles. The summed E-state index contributed by atoms with van der Waals surface area (Å²) in [5.74, 6) is 1.34. The number of pyridine rings is 1. The molecule has 0 aliphatic carbocycles. The van der Waals surface area contributed by atoms with Crippen LogP contribution in [0.1, 0.15) is 28.7 Å². The van der Waals surface area contributed by atoms with E-state index in [0.717, 1.165) is 40.1 Å². The van der Waals surface area contributed by atoms with Gasteiger partial charge in [-0.25, -0.2) is 9.78 Å². The first-order chi connectivity index (χ1) is 25.0. The number of carbonyl (C=O) groups is 2. The third-order valence-electron chi connectivity index (χ3n) is 8.20. The minimum absolute atomic E-state index is 0.0362. The first kappa shape index (κ1) is 33.2. The number of esters is 1. The molecule has 7 aromatic rings. The first-order valence-electron chi connectivity index (χ1n) is 16.3. The quantitative estimate of drug-likeness (QED) is 0.103. The van der Waals surface area contributed by atoms with Crippen molar-refractivity contribution in [3.05, 3.63) is 139 Å². The van der Waals surface area contributed by atoms with Crippen LogP contribution in [0.2, 0.25) is 0 Å². The molecule has 3 heterocycles. The number of carbonyl (C=O) groups excluding carboxylic acids is 2. The zero-order valence-corrected chi connectivity index (χ0v) is 28.7. The van der Waals surface area contributed by atoms with Gasteiger partial charge in [-0.2, -0.15) is 0 Å². The second kappa shape index (κ2) is 15.1. The molecule has 0 saturated carbocycles. The molecular weight excluding hydrogens is 663 g/mol. The molecule has 51 heavy (non-hydrogen) atoms. The summed E-state index contributed by atoms with van der Waals surface area (Å²) in [7, 11) is 1.62. The molecule has 0 atom stereocenters. The molecule has 0 bridgehead atoms. The minimum Gasteiger partial charge on any atom is -0.497 e. The highest BCUT2D eigenvalue weighted by molar-refractivity contribution is 7.99. The Morgan fingerprint density at radius 3 is 2.24 bits per heavy atom. The van der Waals surface area contributed by atoms with Crippen LogP contribution in [0.5, 0.6) is 5.75 Å². The average Bonchev–Trinajstić information content (AvgIpc) is 3.78. The molecule has 0 unspecified atom stereocenters. The number of rotatable bonds is 12. The molecule has 11 nitrogen and oxygen atoms in total. The molecular formula is C39H33N7O4S. The van der Waals surface area contributed by atoms with Crippen molar-refractivity contribution in [3.63, 3.8) is 0 Å². The Labute approximate surface area is 298 Å². The monoisotopic (exact) mass is 695 g/mol. The lowest BCUT2D eigenvalue weighted by atomic mass is 10.1. The van der Waals surface area contributed by atoms with Crippen LogP contribution in [0, 0.1) is 0 Å². The average molecular weight is 696 g/mol. The fraction of sp³-hybridized carbons (Fsp3) is 0.128. The summed E-state index contributed by atoms with van der Waals surface area (Å²) in [6, 6.07) is 33.9. The third-order valence-corrected chi connectivity index (χ3v) is 9.13. The maximum atomic E-state index is 13.1. The van der Waals surface area contributed by atoms with Crippen LogP contribution in [0.25, 0.3) is 33.8 Å². The van der Waals surface area contributed by atoms with Crippen LogP contribution >= 0.6 is 11.8 Å². The normalized spacial score (nSPS) is 11.0. The number of methoxy groups -OCH3 is 1. The van der Waals surface area contributed by atoms with E-state index in [4.69, 9.17) is 14.5 Å². The lowest BCUT2D eigenvalue weighted by molar-refractivity contribution is -0.113. The second-order valence-corrected chi connectivity index (χ2v) is 12.4. The molecule has 0 fully saturated rings. The van der Waals surface area contributed by atoms with Gasteiger partial charge in [-0.15, -0.1) is 10.2 Å². The van der Waals surface area contributed by atoms with E-state index in [-0.39, 0.29) is 18.3 Å². The minimum atomic E-state index is -0.506. The molecule has 0 aliphatic rings. The number of aromatic nitrogens is 6. The summed E-state index contributed by atoms with van der Waals surface area (Å²) in [5.41, 5.74) is 6.43. The van der Waals surface area contributed by atoms with Gasteiger partial charge in [-0.1, -0.05) is 43.0 Å². The number of para-hydroxylation sites is 2. The van der Waals surface area contributed by atoms with Gasteiger partial charge in [0.15, 0.2) is 16.8 Å². The topological polar surface area (TPSA) is 126 Å². The van der Waals surface area contributed by atoms with E-state index >= 15 is 0 Å². The fourth-order valence-corrected chi connectivity index (χ4v) is 6.34. The van der Waals surface area contributed by atoms with Gasteiger partial charge in [-0.05, 0) is 96.9 Å². The van der Waals surface area contributed by atoms with Crippen molar-refractivity contribution in [2.24, 2.45) is 0 Å². The van der Waals surface area contributed by atoms with Crippen molar-refractivity contribution in [1.82, 2.24) is 29.3 Å². The Kier molecular flexibility index (Phi) is 9.84. The van der Waals surface area contributed by atoms with Gasteiger partial charge in [0.2, 0.25) is 5.91 Å². The van der Waals surface area contributed by atoms with Gasteiger partial charge >= 0.3 is 5.97 Å². The number of amides is 1. The van der Waals surface area contributed by atoms with E-state index in [1.54, 1.807) is 43.8 Å². The molecule has 0 radical (unpaired) electrons. The van der Waals surface area contributed by atoms with Crippen LogP contribution in [0.4, 0.5) is 5.69 Å². The number of thioether (sulfide) groups is 1. The van der Waals surface area contributed by atoms with E-state index in [1.165, 1.54) is 17.3 Å². The van der Waals surface area contributed by atoms with Crippen LogP contribution in [-0.2, 0) is 22.6 Å². The van der Waals surface area contributed by atoms with Crippen molar-refractivity contribution in [3.8, 4) is 28.5 Å². The summed E-state index contributed by atoms with van der Waals surface area (Å²) in [6.45, 7) is 2.07. The van der Waals surface area contributed by atoms with Gasteiger partial charge in [0.05, 0.1) is 29.5 Å². The van der Waals surface area contributed by atoms with Gasteiger partial charge in [-0.3, -0.25) is 18.9 Å². The molecule has 0 saturated heterocycles. The lowest BCUT2D eigenvalue weighted by Crippen LogP contribution is -2.15. The predicted molar refractivity (Wildman–Crippen MR) is 197 cm³/mol. The van der Waals surface area contributed by atoms with Crippen molar-refractivity contribution >= 4 is 40.4 Å². The van der Waals surface area contributed by atoms with E-state index in [2.05, 4.69) is 39.6 Å².